The van der Waals surface area contributed by atoms with Gasteiger partial charge >= 0.3 is 5.97 Å². The molecule has 0 fully saturated rings. The van der Waals surface area contributed by atoms with Crippen LogP contribution in [0.1, 0.15) is 0 Å². The molecule has 1 heterocycles. The fourth-order valence-corrected chi connectivity index (χ4v) is 4.57. The molecule has 128 valence electrons. The molecule has 1 amide bonds. The van der Waals surface area contributed by atoms with Crippen LogP contribution in [0.15, 0.2) is 39.6 Å². The number of nitrogen functional groups attached to an aromatic ring is 1. The molecule has 1 aromatic heterocycles. The van der Waals surface area contributed by atoms with E-state index in [2.05, 4.69) is 10.3 Å². The number of nitrogens with one attached hydrogen (secondary N) is 1. The topological polar surface area (TPSA) is 139 Å². The molecule has 0 saturated heterocycles. The highest BCUT2D eigenvalue weighted by Crippen LogP contribution is 2.29. The van der Waals surface area contributed by atoms with E-state index in [9.17, 15) is 18.0 Å². The Hall–Kier alpha value is -2.11. The number of thioether (sulfide) groups is 1. The summed E-state index contributed by atoms with van der Waals surface area (Å²) in [6, 6.07) is 5.75. The number of anilines is 2. The summed E-state index contributed by atoms with van der Waals surface area (Å²) in [5, 5.41) is 11.1. The largest absolute Gasteiger partial charge is 0.481 e. The molecule has 2 rings (SSSR count). The number of benzene rings is 1. The van der Waals surface area contributed by atoms with Gasteiger partial charge in [0.05, 0.1) is 22.6 Å². The van der Waals surface area contributed by atoms with Crippen LogP contribution in [0.2, 0.25) is 0 Å². The Balaban J connectivity index is 2.05. The van der Waals surface area contributed by atoms with Crippen LogP contribution in [0.5, 0.6) is 0 Å². The number of sulfone groups is 1. The van der Waals surface area contributed by atoms with E-state index in [0.29, 0.717) is 5.69 Å². The van der Waals surface area contributed by atoms with E-state index < -0.39 is 21.7 Å². The number of aromatic nitrogens is 1. The fraction of sp³-hybridized carbons (Fsp3) is 0.154. The first kappa shape index (κ1) is 18.2. The van der Waals surface area contributed by atoms with Crippen molar-refractivity contribution in [3.05, 3.63) is 30.5 Å². The number of nitrogens with two attached hydrogens (primary N) is 1. The molecule has 0 spiro atoms. The maximum atomic E-state index is 12.4. The second kappa shape index (κ2) is 7.64. The number of rotatable bonds is 7. The zero-order valence-corrected chi connectivity index (χ0v) is 14.6. The van der Waals surface area contributed by atoms with E-state index in [1.165, 1.54) is 24.3 Å². The van der Waals surface area contributed by atoms with E-state index in [1.807, 2.05) is 0 Å². The van der Waals surface area contributed by atoms with Crippen molar-refractivity contribution in [3.63, 3.8) is 0 Å². The highest BCUT2D eigenvalue weighted by molar-refractivity contribution is 8.00. The van der Waals surface area contributed by atoms with Crippen LogP contribution in [-0.4, -0.2) is 41.9 Å². The molecule has 4 N–H and O–H groups in total. The monoisotopic (exact) mass is 387 g/mol. The summed E-state index contributed by atoms with van der Waals surface area (Å²) in [5.41, 5.74) is 5.98. The average Bonchev–Trinajstić information content (AvgIpc) is 2.96. The Bertz CT molecular complexity index is 846. The summed E-state index contributed by atoms with van der Waals surface area (Å²) in [6.45, 7) is 0. The molecule has 11 heteroatoms. The second-order valence-corrected chi connectivity index (χ2v) is 8.68. The highest BCUT2D eigenvalue weighted by Gasteiger charge is 2.21. The lowest BCUT2D eigenvalue weighted by Crippen LogP contribution is -2.15. The minimum atomic E-state index is -3.73. The Kier molecular flexibility index (Phi) is 5.80. The molecule has 0 aliphatic heterocycles. The minimum absolute atomic E-state index is 0.0132. The fourth-order valence-electron chi connectivity index (χ4n) is 1.59. The van der Waals surface area contributed by atoms with Crippen LogP contribution in [0.3, 0.4) is 0 Å². The van der Waals surface area contributed by atoms with E-state index in [4.69, 9.17) is 10.8 Å². The molecule has 24 heavy (non-hydrogen) atoms. The summed E-state index contributed by atoms with van der Waals surface area (Å²) < 4.78 is 24.9. The van der Waals surface area contributed by atoms with Gasteiger partial charge in [-0.3, -0.25) is 9.59 Å². The molecule has 0 unspecified atom stereocenters. The summed E-state index contributed by atoms with van der Waals surface area (Å²) in [5.74, 6) is -1.72. The van der Waals surface area contributed by atoms with Crippen molar-refractivity contribution in [1.82, 2.24) is 4.98 Å². The van der Waals surface area contributed by atoms with Gasteiger partial charge in [0, 0.05) is 5.69 Å². The summed E-state index contributed by atoms with van der Waals surface area (Å²) in [6.07, 6.45) is 1.16. The van der Waals surface area contributed by atoms with Gasteiger partial charge in [0.15, 0.2) is 5.13 Å². The first-order valence-corrected chi connectivity index (χ1v) is 9.90. The average molecular weight is 387 g/mol. The minimum Gasteiger partial charge on any atom is -0.481 e. The number of carbonyl (C=O) groups is 2. The number of hydrogen-bond acceptors (Lipinski definition) is 8. The second-order valence-electron chi connectivity index (χ2n) is 4.49. The Morgan fingerprint density at radius 2 is 1.92 bits per heavy atom. The van der Waals surface area contributed by atoms with Gasteiger partial charge in [-0.1, -0.05) is 11.3 Å². The third-order valence-corrected chi connectivity index (χ3v) is 6.71. The quantitative estimate of drug-likeness (QED) is 0.604. The van der Waals surface area contributed by atoms with Crippen molar-refractivity contribution in [2.45, 2.75) is 9.10 Å². The zero-order chi connectivity index (χ0) is 17.7. The number of aliphatic carboxylic acids is 1. The molecule has 8 nitrogen and oxygen atoms in total. The lowest BCUT2D eigenvalue weighted by atomic mass is 10.3. The first-order valence-electron chi connectivity index (χ1n) is 6.45. The van der Waals surface area contributed by atoms with Gasteiger partial charge in [0.2, 0.25) is 15.7 Å². The number of thiazole rings is 1. The summed E-state index contributed by atoms with van der Waals surface area (Å²) in [4.78, 5) is 26.0. The Labute approximate surface area is 146 Å². The Morgan fingerprint density at radius 3 is 2.54 bits per heavy atom. The number of hydrogen-bond donors (Lipinski definition) is 3. The molecule has 1 aromatic carbocycles. The molecule has 0 radical (unpaired) electrons. The number of carbonyl (C=O) groups excluding carboxylic acids is 1. The van der Waals surface area contributed by atoms with Crippen LogP contribution in [-0.2, 0) is 19.4 Å². The van der Waals surface area contributed by atoms with E-state index in [0.717, 1.165) is 29.3 Å². The molecule has 0 atom stereocenters. The molecule has 0 aliphatic carbocycles. The van der Waals surface area contributed by atoms with Crippen LogP contribution in [0, 0.1) is 0 Å². The van der Waals surface area contributed by atoms with E-state index in [-0.39, 0.29) is 25.7 Å². The molecular weight excluding hydrogens is 374 g/mol. The molecule has 0 saturated carbocycles. The predicted molar refractivity (Wildman–Crippen MR) is 92.0 cm³/mol. The van der Waals surface area contributed by atoms with Crippen molar-refractivity contribution in [1.29, 1.82) is 0 Å². The van der Waals surface area contributed by atoms with Crippen LogP contribution in [0.4, 0.5) is 10.8 Å². The van der Waals surface area contributed by atoms with Crippen molar-refractivity contribution >= 4 is 55.6 Å². The van der Waals surface area contributed by atoms with Gasteiger partial charge in [-0.05, 0) is 24.3 Å². The van der Waals surface area contributed by atoms with Crippen LogP contribution >= 0.6 is 23.1 Å². The lowest BCUT2D eigenvalue weighted by Gasteiger charge is -2.02. The van der Waals surface area contributed by atoms with Gasteiger partial charge < -0.3 is 16.2 Å². The zero-order valence-electron chi connectivity index (χ0n) is 12.1. The standard InChI is InChI=1S/C13H13N3O5S3/c14-8-1-3-9(4-2-8)24(20,21)12-5-15-13(23-12)16-10(17)6-22-7-11(18)19/h1-5H,6-7,14H2,(H,18,19)(H,15,16,17). The van der Waals surface area contributed by atoms with Crippen LogP contribution in [0.25, 0.3) is 0 Å². The summed E-state index contributed by atoms with van der Waals surface area (Å²) in [7, 11) is -3.73. The third kappa shape index (κ3) is 4.69. The highest BCUT2D eigenvalue weighted by atomic mass is 32.2. The molecule has 0 bridgehead atoms. The number of nitrogens with zero attached hydrogens (tertiary/aromatic N) is 1. The maximum absolute atomic E-state index is 12.4. The van der Waals surface area contributed by atoms with Crippen molar-refractivity contribution in [2.75, 3.05) is 22.6 Å². The Morgan fingerprint density at radius 1 is 1.25 bits per heavy atom. The van der Waals surface area contributed by atoms with Gasteiger partial charge in [0.25, 0.3) is 0 Å². The molecule has 2 aromatic rings. The van der Waals surface area contributed by atoms with Crippen LogP contribution < -0.4 is 11.1 Å². The lowest BCUT2D eigenvalue weighted by molar-refractivity contribution is -0.133. The molecule has 0 aliphatic rings. The van der Waals surface area contributed by atoms with Gasteiger partial charge in [-0.25, -0.2) is 13.4 Å². The number of carboxylic acid groups (broad SMARTS) is 1. The van der Waals surface area contributed by atoms with Crippen molar-refractivity contribution in [2.24, 2.45) is 0 Å². The number of amides is 1. The number of carboxylic acids is 1. The smallest absolute Gasteiger partial charge is 0.313 e. The predicted octanol–water partition coefficient (Wildman–Crippen LogP) is 1.31. The van der Waals surface area contributed by atoms with Gasteiger partial charge in [-0.15, -0.1) is 11.8 Å². The first-order chi connectivity index (χ1) is 11.3. The molecular formula is C13H13N3O5S3. The normalized spacial score (nSPS) is 11.2. The van der Waals surface area contributed by atoms with Gasteiger partial charge in [0.1, 0.15) is 4.21 Å². The van der Waals surface area contributed by atoms with E-state index in [1.54, 1.807) is 0 Å². The maximum Gasteiger partial charge on any atom is 0.313 e. The third-order valence-electron chi connectivity index (χ3n) is 2.64. The summed E-state index contributed by atoms with van der Waals surface area (Å²) >= 11 is 1.75. The SMILES string of the molecule is Nc1ccc(S(=O)(=O)c2cnc(NC(=O)CSCC(=O)O)s2)cc1. The van der Waals surface area contributed by atoms with E-state index >= 15 is 0 Å². The van der Waals surface area contributed by atoms with Crippen molar-refractivity contribution in [3.8, 4) is 0 Å². The van der Waals surface area contributed by atoms with Gasteiger partial charge in [-0.2, -0.15) is 0 Å². The van der Waals surface area contributed by atoms with Crippen molar-refractivity contribution < 1.29 is 23.1 Å².